The van der Waals surface area contributed by atoms with Crippen molar-refractivity contribution in [2.75, 3.05) is 6.54 Å². The summed E-state index contributed by atoms with van der Waals surface area (Å²) < 4.78 is 0. The molecule has 0 radical (unpaired) electrons. The molecular formula is C17H20N4O2. The van der Waals surface area contributed by atoms with Crippen molar-refractivity contribution >= 4 is 28.4 Å². The van der Waals surface area contributed by atoms with Gasteiger partial charge in [0, 0.05) is 23.5 Å². The standard InChI is InChI=1S/C17H20N4O2/c18-8-4-3-7-14-16(22)21-15(17(23)20-14)9-11-10-19-13-6-2-1-5-12(11)13/h1-2,5-6,10,15,19H,3-4,7-9,18H2,(H,21,22)/t15-/m0/s1. The maximum Gasteiger partial charge on any atom is 0.268 e. The molecule has 1 aliphatic rings. The number of hydrogen-bond acceptors (Lipinski definition) is 3. The molecule has 23 heavy (non-hydrogen) atoms. The highest BCUT2D eigenvalue weighted by atomic mass is 16.2. The van der Waals surface area contributed by atoms with E-state index in [4.69, 9.17) is 5.73 Å². The first-order chi connectivity index (χ1) is 11.2. The van der Waals surface area contributed by atoms with Crippen LogP contribution in [0.2, 0.25) is 0 Å². The van der Waals surface area contributed by atoms with Gasteiger partial charge in [-0.15, -0.1) is 0 Å². The average Bonchev–Trinajstić information content (AvgIpc) is 2.95. The van der Waals surface area contributed by atoms with Gasteiger partial charge in [0.25, 0.3) is 11.8 Å². The third kappa shape index (κ3) is 3.32. The van der Waals surface area contributed by atoms with E-state index in [0.717, 1.165) is 29.3 Å². The normalized spacial score (nSPS) is 18.1. The highest BCUT2D eigenvalue weighted by Gasteiger charge is 2.29. The topological polar surface area (TPSA) is 100 Å². The molecule has 1 aromatic heterocycles. The summed E-state index contributed by atoms with van der Waals surface area (Å²) in [6.45, 7) is 0.575. The number of unbranched alkanes of at least 4 members (excludes halogenated alkanes) is 1. The predicted molar refractivity (Wildman–Crippen MR) is 89.3 cm³/mol. The number of carbonyl (C=O) groups is 2. The van der Waals surface area contributed by atoms with E-state index < -0.39 is 6.04 Å². The number of nitrogens with two attached hydrogens (primary N) is 1. The van der Waals surface area contributed by atoms with Gasteiger partial charge in [-0.2, -0.15) is 0 Å². The van der Waals surface area contributed by atoms with Gasteiger partial charge in [-0.05, 0) is 37.4 Å². The number of aliphatic imine (C=N–C) groups is 1. The summed E-state index contributed by atoms with van der Waals surface area (Å²) in [6, 6.07) is 7.29. The second kappa shape index (κ2) is 6.75. The van der Waals surface area contributed by atoms with Crippen molar-refractivity contribution in [1.82, 2.24) is 10.3 Å². The van der Waals surface area contributed by atoms with Crippen molar-refractivity contribution in [3.63, 3.8) is 0 Å². The van der Waals surface area contributed by atoms with Crippen molar-refractivity contribution in [3.8, 4) is 0 Å². The van der Waals surface area contributed by atoms with Crippen molar-refractivity contribution in [2.45, 2.75) is 31.7 Å². The zero-order valence-corrected chi connectivity index (χ0v) is 12.8. The van der Waals surface area contributed by atoms with Crippen LogP contribution in [0, 0.1) is 0 Å². The average molecular weight is 312 g/mol. The number of aromatic nitrogens is 1. The molecule has 0 unspecified atom stereocenters. The number of H-pyrrole nitrogens is 1. The van der Waals surface area contributed by atoms with Crippen LogP contribution in [0.5, 0.6) is 0 Å². The number of nitrogens with zero attached hydrogens (tertiary/aromatic N) is 1. The third-order valence-electron chi connectivity index (χ3n) is 4.08. The fourth-order valence-electron chi connectivity index (χ4n) is 2.83. The lowest BCUT2D eigenvalue weighted by Crippen LogP contribution is -2.49. The minimum Gasteiger partial charge on any atom is -0.361 e. The minimum atomic E-state index is -0.597. The van der Waals surface area contributed by atoms with Crippen LogP contribution in [-0.2, 0) is 16.0 Å². The molecule has 0 saturated carbocycles. The van der Waals surface area contributed by atoms with Crippen LogP contribution in [0.1, 0.15) is 24.8 Å². The highest BCUT2D eigenvalue weighted by molar-refractivity contribution is 6.42. The first-order valence-corrected chi connectivity index (χ1v) is 7.86. The monoisotopic (exact) mass is 312 g/mol. The van der Waals surface area contributed by atoms with Gasteiger partial charge in [0.1, 0.15) is 11.8 Å². The number of hydrogen-bond donors (Lipinski definition) is 3. The van der Waals surface area contributed by atoms with Crippen LogP contribution in [0.4, 0.5) is 0 Å². The van der Waals surface area contributed by atoms with E-state index >= 15 is 0 Å². The lowest BCUT2D eigenvalue weighted by Gasteiger charge is -2.21. The molecule has 2 heterocycles. The summed E-state index contributed by atoms with van der Waals surface area (Å²) >= 11 is 0. The van der Waals surface area contributed by atoms with Gasteiger partial charge in [0.05, 0.1) is 0 Å². The lowest BCUT2D eigenvalue weighted by atomic mass is 10.0. The molecule has 0 fully saturated rings. The van der Waals surface area contributed by atoms with Crippen molar-refractivity contribution < 1.29 is 9.59 Å². The fourth-order valence-corrected chi connectivity index (χ4v) is 2.83. The number of carbonyl (C=O) groups excluding carboxylic acids is 2. The van der Waals surface area contributed by atoms with Crippen molar-refractivity contribution in [3.05, 3.63) is 36.0 Å². The predicted octanol–water partition coefficient (Wildman–Crippen LogP) is 1.31. The van der Waals surface area contributed by atoms with Crippen LogP contribution in [0.25, 0.3) is 10.9 Å². The van der Waals surface area contributed by atoms with Gasteiger partial charge >= 0.3 is 0 Å². The Morgan fingerprint density at radius 1 is 1.17 bits per heavy atom. The van der Waals surface area contributed by atoms with E-state index in [9.17, 15) is 9.59 Å². The number of rotatable bonds is 6. The molecule has 0 bridgehead atoms. The number of aromatic amines is 1. The molecule has 1 aromatic carbocycles. The summed E-state index contributed by atoms with van der Waals surface area (Å²) in [5, 5.41) is 3.84. The van der Waals surface area contributed by atoms with E-state index in [1.165, 1.54) is 0 Å². The largest absolute Gasteiger partial charge is 0.361 e. The van der Waals surface area contributed by atoms with Gasteiger partial charge in [0.15, 0.2) is 0 Å². The Labute approximate surface area is 134 Å². The summed E-state index contributed by atoms with van der Waals surface area (Å²) in [4.78, 5) is 31.5. The zero-order valence-electron chi connectivity index (χ0n) is 12.8. The van der Waals surface area contributed by atoms with E-state index in [0.29, 0.717) is 25.1 Å². The Morgan fingerprint density at radius 3 is 2.83 bits per heavy atom. The quantitative estimate of drug-likeness (QED) is 0.701. The molecular weight excluding hydrogens is 292 g/mol. The van der Waals surface area contributed by atoms with Gasteiger partial charge in [-0.1, -0.05) is 18.2 Å². The molecule has 1 atom stereocenters. The molecule has 1 aliphatic heterocycles. The van der Waals surface area contributed by atoms with Crippen molar-refractivity contribution in [2.24, 2.45) is 10.7 Å². The maximum absolute atomic E-state index is 12.2. The van der Waals surface area contributed by atoms with Gasteiger partial charge in [0.2, 0.25) is 0 Å². The Hall–Kier alpha value is -2.47. The minimum absolute atomic E-state index is 0.244. The van der Waals surface area contributed by atoms with Gasteiger partial charge in [-0.3, -0.25) is 9.59 Å². The Balaban J connectivity index is 1.72. The molecule has 0 spiro atoms. The SMILES string of the molecule is NCCCCC1=NC(=O)[C@H](Cc2c[nH]c3ccccc23)NC1=O. The molecule has 120 valence electrons. The first-order valence-electron chi connectivity index (χ1n) is 7.86. The fraction of sp³-hybridized carbons (Fsp3) is 0.353. The van der Waals surface area contributed by atoms with E-state index in [1.807, 2.05) is 30.5 Å². The molecule has 6 nitrogen and oxygen atoms in total. The van der Waals surface area contributed by atoms with Crippen LogP contribution in [0.3, 0.4) is 0 Å². The van der Waals surface area contributed by atoms with Crippen LogP contribution in [0.15, 0.2) is 35.5 Å². The number of fused-ring (bicyclic) bond motifs is 1. The molecule has 4 N–H and O–H groups in total. The number of amides is 2. The number of para-hydroxylation sites is 1. The van der Waals surface area contributed by atoms with Crippen molar-refractivity contribution in [1.29, 1.82) is 0 Å². The Morgan fingerprint density at radius 2 is 2.00 bits per heavy atom. The van der Waals surface area contributed by atoms with Crippen LogP contribution >= 0.6 is 0 Å². The van der Waals surface area contributed by atoms with Crippen LogP contribution in [-0.4, -0.2) is 35.1 Å². The molecule has 0 saturated heterocycles. The number of nitrogens with one attached hydrogen (secondary N) is 2. The smallest absolute Gasteiger partial charge is 0.268 e. The molecule has 3 rings (SSSR count). The molecule has 2 amide bonds. The van der Waals surface area contributed by atoms with Gasteiger partial charge < -0.3 is 16.0 Å². The first kappa shape index (κ1) is 15.4. The summed E-state index contributed by atoms with van der Waals surface area (Å²) in [6.07, 6.45) is 4.40. The Kier molecular flexibility index (Phi) is 4.52. The maximum atomic E-state index is 12.2. The highest BCUT2D eigenvalue weighted by Crippen LogP contribution is 2.20. The second-order valence-electron chi connectivity index (χ2n) is 5.73. The van der Waals surface area contributed by atoms with Crippen LogP contribution < -0.4 is 11.1 Å². The Bertz CT molecular complexity index is 763. The molecule has 0 aliphatic carbocycles. The lowest BCUT2D eigenvalue weighted by molar-refractivity contribution is -0.125. The molecule has 2 aromatic rings. The number of benzene rings is 1. The third-order valence-corrected chi connectivity index (χ3v) is 4.08. The van der Waals surface area contributed by atoms with Gasteiger partial charge in [-0.25, -0.2) is 4.99 Å². The summed E-state index contributed by atoms with van der Waals surface area (Å²) in [5.41, 5.74) is 7.77. The molecule has 6 heteroatoms. The zero-order chi connectivity index (χ0) is 16.2. The second-order valence-corrected chi connectivity index (χ2v) is 5.73. The van der Waals surface area contributed by atoms with E-state index in [-0.39, 0.29) is 11.8 Å². The van der Waals surface area contributed by atoms with E-state index in [2.05, 4.69) is 15.3 Å². The summed E-state index contributed by atoms with van der Waals surface area (Å²) in [7, 11) is 0. The van der Waals surface area contributed by atoms with E-state index in [1.54, 1.807) is 0 Å². The summed E-state index contributed by atoms with van der Waals surface area (Å²) in [5.74, 6) is -0.524.